The van der Waals surface area contributed by atoms with E-state index in [1.807, 2.05) is 6.26 Å². The van der Waals surface area contributed by atoms with E-state index in [1.165, 1.54) is 36.8 Å². The first-order valence-electron chi connectivity index (χ1n) is 11.4. The summed E-state index contributed by atoms with van der Waals surface area (Å²) in [7, 11) is 0. The summed E-state index contributed by atoms with van der Waals surface area (Å²) in [5.74, 6) is 2.84. The summed E-state index contributed by atoms with van der Waals surface area (Å²) in [6.07, 6.45) is 13.9. The molecular formula is C25H35NO2. The van der Waals surface area contributed by atoms with Crippen molar-refractivity contribution in [2.24, 2.45) is 34.5 Å². The highest BCUT2D eigenvalue weighted by Gasteiger charge is 2.59. The molecule has 5 rings (SSSR count). The maximum absolute atomic E-state index is 10.3. The van der Waals surface area contributed by atoms with Crippen LogP contribution in [0, 0.1) is 34.5 Å². The standard InChI is InChI=1S/C25H35NO2/c1-5-16-11-17-12-18(27)6-8-24(17,3)19-7-9-25(4)20(22(16)19)10-15(2)23(25)21-13-28-14-26-21/h11,13-14,16,18-20,22,27H,5-10,12H2,1-4H3/t16-,18-,19-,20-,22+,24-,25-/m0/s1. The number of hydrogen-bond donors (Lipinski definition) is 1. The van der Waals surface area contributed by atoms with Crippen LogP contribution in [0.2, 0.25) is 0 Å². The van der Waals surface area contributed by atoms with Crippen molar-refractivity contribution in [3.8, 4) is 0 Å². The molecular weight excluding hydrogens is 346 g/mol. The number of hydrogen-bond acceptors (Lipinski definition) is 3. The second-order valence-electron chi connectivity index (χ2n) is 10.6. The first-order valence-corrected chi connectivity index (χ1v) is 11.4. The van der Waals surface area contributed by atoms with Crippen molar-refractivity contribution in [2.45, 2.75) is 78.7 Å². The van der Waals surface area contributed by atoms with Crippen molar-refractivity contribution >= 4 is 5.57 Å². The van der Waals surface area contributed by atoms with E-state index in [0.29, 0.717) is 17.3 Å². The summed E-state index contributed by atoms with van der Waals surface area (Å²) >= 11 is 0. The van der Waals surface area contributed by atoms with Gasteiger partial charge in [0.15, 0.2) is 6.39 Å². The Balaban J connectivity index is 1.57. The molecule has 1 N–H and O–H groups in total. The molecule has 4 aliphatic carbocycles. The van der Waals surface area contributed by atoms with E-state index in [4.69, 9.17) is 4.42 Å². The zero-order valence-corrected chi connectivity index (χ0v) is 17.9. The molecule has 7 atom stereocenters. The summed E-state index contributed by atoms with van der Waals surface area (Å²) in [6, 6.07) is 0. The van der Waals surface area contributed by atoms with Gasteiger partial charge in [-0.15, -0.1) is 0 Å². The first-order chi connectivity index (χ1) is 13.4. The number of allylic oxidation sites excluding steroid dienone is 3. The summed E-state index contributed by atoms with van der Waals surface area (Å²) in [4.78, 5) is 4.55. The molecule has 3 heteroatoms. The van der Waals surface area contributed by atoms with Crippen LogP contribution in [0.1, 0.15) is 78.3 Å². The number of oxazole rings is 1. The lowest BCUT2D eigenvalue weighted by atomic mass is 9.45. The number of aromatic nitrogens is 1. The van der Waals surface area contributed by atoms with Crippen LogP contribution >= 0.6 is 0 Å². The Hall–Kier alpha value is -1.35. The first kappa shape index (κ1) is 18.7. The number of aliphatic hydroxyl groups is 1. The molecule has 4 aliphatic rings. The molecule has 0 bridgehead atoms. The summed E-state index contributed by atoms with van der Waals surface area (Å²) in [6.45, 7) is 9.71. The Morgan fingerprint density at radius 2 is 1.93 bits per heavy atom. The van der Waals surface area contributed by atoms with Crippen LogP contribution in [0.3, 0.4) is 0 Å². The van der Waals surface area contributed by atoms with Gasteiger partial charge in [0, 0.05) is 0 Å². The third kappa shape index (κ3) is 2.41. The van der Waals surface area contributed by atoms with Gasteiger partial charge in [-0.2, -0.15) is 0 Å². The molecule has 0 spiro atoms. The quantitative estimate of drug-likeness (QED) is 0.637. The van der Waals surface area contributed by atoms with Crippen LogP contribution in [-0.2, 0) is 0 Å². The van der Waals surface area contributed by atoms with Crippen LogP contribution in [0.5, 0.6) is 0 Å². The molecule has 28 heavy (non-hydrogen) atoms. The molecule has 0 unspecified atom stereocenters. The minimum atomic E-state index is -0.128. The lowest BCUT2D eigenvalue weighted by molar-refractivity contribution is -0.0468. The van der Waals surface area contributed by atoms with Crippen molar-refractivity contribution in [1.82, 2.24) is 4.98 Å². The van der Waals surface area contributed by atoms with Crippen molar-refractivity contribution in [1.29, 1.82) is 0 Å². The topological polar surface area (TPSA) is 46.3 Å². The Morgan fingerprint density at radius 1 is 1.14 bits per heavy atom. The van der Waals surface area contributed by atoms with Gasteiger partial charge in [0.1, 0.15) is 12.0 Å². The molecule has 152 valence electrons. The Morgan fingerprint density at radius 3 is 2.64 bits per heavy atom. The van der Waals surface area contributed by atoms with Gasteiger partial charge in [0.25, 0.3) is 0 Å². The van der Waals surface area contributed by atoms with E-state index in [0.717, 1.165) is 36.8 Å². The van der Waals surface area contributed by atoms with Gasteiger partial charge in [0.2, 0.25) is 0 Å². The van der Waals surface area contributed by atoms with Crippen molar-refractivity contribution < 1.29 is 9.52 Å². The van der Waals surface area contributed by atoms with Gasteiger partial charge >= 0.3 is 0 Å². The molecule has 1 aromatic rings. The minimum absolute atomic E-state index is 0.128. The van der Waals surface area contributed by atoms with E-state index in [1.54, 1.807) is 12.0 Å². The fourth-order valence-corrected chi connectivity index (χ4v) is 7.97. The highest BCUT2D eigenvalue weighted by atomic mass is 16.3. The maximum Gasteiger partial charge on any atom is 0.181 e. The highest BCUT2D eigenvalue weighted by molar-refractivity contribution is 5.73. The second kappa shape index (κ2) is 6.32. The smallest absolute Gasteiger partial charge is 0.181 e. The predicted molar refractivity (Wildman–Crippen MR) is 111 cm³/mol. The SMILES string of the molecule is CC[C@H]1C=C2C[C@@H](O)CC[C@]2(C)[C@H]2CC[C@]3(C)C(c4cocn4)=C(C)C[C@H]3[C@H]12. The van der Waals surface area contributed by atoms with Gasteiger partial charge in [0.05, 0.1) is 6.10 Å². The molecule has 1 heterocycles. The average molecular weight is 382 g/mol. The van der Waals surface area contributed by atoms with Crippen LogP contribution in [0.15, 0.2) is 34.3 Å². The molecule has 0 amide bonds. The normalized spacial score (nSPS) is 45.3. The average Bonchev–Trinajstić information content (AvgIpc) is 3.26. The molecule has 2 saturated carbocycles. The van der Waals surface area contributed by atoms with E-state index in [2.05, 4.69) is 38.8 Å². The molecule has 0 radical (unpaired) electrons. The fraction of sp³-hybridized carbons (Fsp3) is 0.720. The molecule has 2 fully saturated rings. The van der Waals surface area contributed by atoms with Crippen LogP contribution < -0.4 is 0 Å². The third-order valence-corrected chi connectivity index (χ3v) is 9.32. The zero-order chi connectivity index (χ0) is 19.7. The number of aliphatic hydroxyl groups excluding tert-OH is 1. The molecule has 0 saturated heterocycles. The fourth-order valence-electron chi connectivity index (χ4n) is 7.97. The number of nitrogens with zero attached hydrogens (tertiary/aromatic N) is 1. The second-order valence-corrected chi connectivity index (χ2v) is 10.6. The van der Waals surface area contributed by atoms with Gasteiger partial charge in [-0.05, 0) is 91.9 Å². The van der Waals surface area contributed by atoms with Gasteiger partial charge < -0.3 is 9.52 Å². The zero-order valence-electron chi connectivity index (χ0n) is 17.9. The van der Waals surface area contributed by atoms with E-state index in [9.17, 15) is 5.11 Å². The summed E-state index contributed by atoms with van der Waals surface area (Å²) in [5, 5.41) is 10.3. The number of rotatable bonds is 2. The van der Waals surface area contributed by atoms with E-state index < -0.39 is 0 Å². The highest BCUT2D eigenvalue weighted by Crippen LogP contribution is 2.68. The van der Waals surface area contributed by atoms with Crippen LogP contribution in [-0.4, -0.2) is 16.2 Å². The third-order valence-electron chi connectivity index (χ3n) is 9.32. The van der Waals surface area contributed by atoms with Crippen molar-refractivity contribution in [3.63, 3.8) is 0 Å². The summed E-state index contributed by atoms with van der Waals surface area (Å²) in [5.41, 5.74) is 6.14. The Bertz CT molecular complexity index is 822. The van der Waals surface area contributed by atoms with Crippen molar-refractivity contribution in [3.05, 3.63) is 35.6 Å². The van der Waals surface area contributed by atoms with E-state index >= 15 is 0 Å². The lowest BCUT2D eigenvalue weighted by Gasteiger charge is -2.59. The van der Waals surface area contributed by atoms with Crippen LogP contribution in [0.4, 0.5) is 0 Å². The van der Waals surface area contributed by atoms with Gasteiger partial charge in [-0.25, -0.2) is 4.98 Å². The molecule has 0 aromatic carbocycles. The number of fused-ring (bicyclic) bond motifs is 5. The Labute approximate surface area is 169 Å². The molecule has 0 aliphatic heterocycles. The van der Waals surface area contributed by atoms with Gasteiger partial charge in [-0.3, -0.25) is 0 Å². The minimum Gasteiger partial charge on any atom is -0.451 e. The monoisotopic (exact) mass is 381 g/mol. The predicted octanol–water partition coefficient (Wildman–Crippen LogP) is 6.02. The lowest BCUT2D eigenvalue weighted by Crippen LogP contribution is -2.52. The molecule has 1 aromatic heterocycles. The van der Waals surface area contributed by atoms with Crippen LogP contribution in [0.25, 0.3) is 5.57 Å². The van der Waals surface area contributed by atoms with Gasteiger partial charge in [-0.1, -0.05) is 38.0 Å². The largest absolute Gasteiger partial charge is 0.451 e. The van der Waals surface area contributed by atoms with E-state index in [-0.39, 0.29) is 11.5 Å². The summed E-state index contributed by atoms with van der Waals surface area (Å²) < 4.78 is 5.37. The van der Waals surface area contributed by atoms with Crippen molar-refractivity contribution in [2.75, 3.05) is 0 Å². The maximum atomic E-state index is 10.3. The molecule has 3 nitrogen and oxygen atoms in total. The Kier molecular flexibility index (Phi) is 4.21.